The van der Waals surface area contributed by atoms with Gasteiger partial charge in [-0.15, -0.1) is 0 Å². The molecule has 0 spiro atoms. The summed E-state index contributed by atoms with van der Waals surface area (Å²) in [5.41, 5.74) is 18.3. The molecule has 0 saturated heterocycles. The van der Waals surface area contributed by atoms with Crippen LogP contribution in [0.25, 0.3) is 5.69 Å². The molecule has 44 heavy (non-hydrogen) atoms. The molecule has 0 radical (unpaired) electrons. The van der Waals surface area contributed by atoms with Crippen LogP contribution in [0.5, 0.6) is 11.5 Å². The summed E-state index contributed by atoms with van der Waals surface area (Å²) in [4.78, 5) is 28.3. The van der Waals surface area contributed by atoms with Crippen molar-refractivity contribution < 1.29 is 14.3 Å². The molecule has 1 atom stereocenters. The monoisotopic (exact) mass is 587 g/mol. The molecule has 1 aliphatic heterocycles. The number of nitrogen functional groups attached to an aromatic ring is 2. The van der Waals surface area contributed by atoms with Gasteiger partial charge in [0.15, 0.2) is 17.3 Å². The molecular weight excluding hydrogens is 554 g/mol. The van der Waals surface area contributed by atoms with Crippen molar-refractivity contribution in [3.8, 4) is 17.2 Å². The van der Waals surface area contributed by atoms with Crippen LogP contribution in [0, 0.1) is 0 Å². The van der Waals surface area contributed by atoms with Crippen LogP contribution < -0.4 is 20.9 Å². The zero-order chi connectivity index (χ0) is 30.6. The first kappa shape index (κ1) is 28.5. The number of ketones is 1. The van der Waals surface area contributed by atoms with Gasteiger partial charge in [-0.25, -0.2) is 9.97 Å². The number of imidazole rings is 1. The topological polar surface area (TPSA) is 134 Å². The molecule has 3 aromatic carbocycles. The number of ether oxygens (including phenoxy) is 2. The lowest BCUT2D eigenvalue weighted by molar-refractivity contribution is 0.104. The Balaban J connectivity index is 1.32. The number of allylic oxidation sites excluding steroid dienone is 1. The number of hydrogen-bond donors (Lipinski definition) is 2. The van der Waals surface area contributed by atoms with Crippen LogP contribution in [0.15, 0.2) is 97.9 Å². The number of rotatable bonds is 9. The van der Waals surface area contributed by atoms with E-state index >= 15 is 0 Å². The van der Waals surface area contributed by atoms with E-state index < -0.39 is 0 Å². The molecule has 6 rings (SSSR count). The van der Waals surface area contributed by atoms with Crippen molar-refractivity contribution in [3.63, 3.8) is 0 Å². The largest absolute Gasteiger partial charge is 0.493 e. The van der Waals surface area contributed by atoms with Crippen LogP contribution in [0.3, 0.4) is 0 Å². The number of nitrogens with zero attached hydrogens (tertiary/aromatic N) is 5. The minimum absolute atomic E-state index is 0.0582. The average molecular weight is 588 g/mol. The summed E-state index contributed by atoms with van der Waals surface area (Å²) in [6.45, 7) is 0.756. The number of hydrogen-bond acceptors (Lipinski definition) is 9. The summed E-state index contributed by atoms with van der Waals surface area (Å²) in [6.07, 6.45) is 11.8. The summed E-state index contributed by atoms with van der Waals surface area (Å²) in [6, 6.07) is 20.5. The van der Waals surface area contributed by atoms with Gasteiger partial charge in [0, 0.05) is 55.1 Å². The summed E-state index contributed by atoms with van der Waals surface area (Å²) in [7, 11) is 3.06. The van der Waals surface area contributed by atoms with Gasteiger partial charge < -0.3 is 30.4 Å². The van der Waals surface area contributed by atoms with Crippen LogP contribution in [0.4, 0.5) is 11.8 Å². The van der Waals surface area contributed by atoms with Gasteiger partial charge in [0.2, 0.25) is 5.95 Å². The Kier molecular flexibility index (Phi) is 7.96. The molecule has 1 aliphatic rings. The highest BCUT2D eigenvalue weighted by Gasteiger charge is 2.27. The number of nitrogens with two attached hydrogens (primary N) is 2. The van der Waals surface area contributed by atoms with Gasteiger partial charge in [-0.1, -0.05) is 36.4 Å². The van der Waals surface area contributed by atoms with Gasteiger partial charge in [0.05, 0.1) is 32.2 Å². The molecule has 0 amide bonds. The minimum atomic E-state index is -0.211. The molecule has 10 heteroatoms. The van der Waals surface area contributed by atoms with Gasteiger partial charge in [0.1, 0.15) is 5.82 Å². The molecule has 4 N–H and O–H groups in total. The lowest BCUT2D eigenvalue weighted by Gasteiger charge is -2.37. The van der Waals surface area contributed by atoms with E-state index in [4.69, 9.17) is 20.9 Å². The number of carbonyl (C=O) groups is 1. The Morgan fingerprint density at radius 1 is 1.07 bits per heavy atom. The second-order valence-corrected chi connectivity index (χ2v) is 10.5. The minimum Gasteiger partial charge on any atom is -0.493 e. The van der Waals surface area contributed by atoms with Crippen molar-refractivity contribution in [2.45, 2.75) is 18.9 Å². The van der Waals surface area contributed by atoms with E-state index in [0.29, 0.717) is 29.0 Å². The fraction of sp³-hybridized carbons (Fsp3) is 0.176. The zero-order valence-electron chi connectivity index (χ0n) is 24.6. The maximum absolute atomic E-state index is 13.8. The molecule has 222 valence electrons. The Morgan fingerprint density at radius 3 is 2.61 bits per heavy atom. The van der Waals surface area contributed by atoms with Crippen molar-refractivity contribution >= 4 is 17.5 Å². The van der Waals surface area contributed by atoms with E-state index in [-0.39, 0.29) is 23.6 Å². The summed E-state index contributed by atoms with van der Waals surface area (Å²) in [5, 5.41) is 0. The highest BCUT2D eigenvalue weighted by Crippen LogP contribution is 2.37. The number of fused-ring (bicyclic) bond motifs is 1. The molecule has 1 unspecified atom stereocenters. The molecule has 0 aliphatic carbocycles. The third-order valence-electron chi connectivity index (χ3n) is 7.86. The molecule has 0 bridgehead atoms. The average Bonchev–Trinajstić information content (AvgIpc) is 3.59. The first-order valence-corrected chi connectivity index (χ1v) is 14.2. The van der Waals surface area contributed by atoms with Crippen LogP contribution in [-0.2, 0) is 12.8 Å². The van der Waals surface area contributed by atoms with Crippen molar-refractivity contribution in [1.82, 2.24) is 24.4 Å². The molecule has 10 nitrogen and oxygen atoms in total. The number of anilines is 2. The predicted molar refractivity (Wildman–Crippen MR) is 169 cm³/mol. The quantitative estimate of drug-likeness (QED) is 0.185. The lowest BCUT2D eigenvalue weighted by Crippen LogP contribution is -2.32. The molecule has 3 heterocycles. The fourth-order valence-electron chi connectivity index (χ4n) is 5.71. The van der Waals surface area contributed by atoms with Crippen LogP contribution in [0.1, 0.15) is 44.2 Å². The predicted octanol–water partition coefficient (Wildman–Crippen LogP) is 4.78. The normalized spacial score (nSPS) is 14.4. The Labute approximate surface area is 255 Å². The third kappa shape index (κ3) is 5.69. The van der Waals surface area contributed by atoms with Crippen molar-refractivity contribution in [1.29, 1.82) is 0 Å². The highest BCUT2D eigenvalue weighted by atomic mass is 16.5. The Bertz CT molecular complexity index is 1820. The summed E-state index contributed by atoms with van der Waals surface area (Å²) >= 11 is 0. The van der Waals surface area contributed by atoms with Gasteiger partial charge in [0.25, 0.3) is 0 Å². The maximum atomic E-state index is 13.8. The Hall–Kier alpha value is -5.64. The number of methoxy groups -OCH3 is 2. The van der Waals surface area contributed by atoms with Crippen LogP contribution in [0.2, 0.25) is 0 Å². The van der Waals surface area contributed by atoms with Gasteiger partial charge in [-0.2, -0.15) is 4.98 Å². The van der Waals surface area contributed by atoms with E-state index in [0.717, 1.165) is 29.8 Å². The molecular formula is C34H33N7O3. The smallest absolute Gasteiger partial charge is 0.221 e. The Morgan fingerprint density at radius 2 is 1.89 bits per heavy atom. The van der Waals surface area contributed by atoms with E-state index in [1.807, 2.05) is 23.0 Å². The fourth-order valence-corrected chi connectivity index (χ4v) is 5.71. The van der Waals surface area contributed by atoms with E-state index in [1.54, 1.807) is 38.0 Å². The first-order valence-electron chi connectivity index (χ1n) is 14.2. The molecule has 0 fully saturated rings. The first-order chi connectivity index (χ1) is 21.4. The molecule has 5 aromatic rings. The number of benzene rings is 3. The third-order valence-corrected chi connectivity index (χ3v) is 7.86. The second kappa shape index (κ2) is 12.3. The maximum Gasteiger partial charge on any atom is 0.221 e. The van der Waals surface area contributed by atoms with E-state index in [9.17, 15) is 4.79 Å². The van der Waals surface area contributed by atoms with Crippen molar-refractivity contribution in [2.24, 2.45) is 0 Å². The molecule has 2 aromatic heterocycles. The highest BCUT2D eigenvalue weighted by molar-refractivity contribution is 6.07. The van der Waals surface area contributed by atoms with Crippen molar-refractivity contribution in [2.75, 3.05) is 32.2 Å². The van der Waals surface area contributed by atoms with Gasteiger partial charge >= 0.3 is 0 Å². The summed E-state index contributed by atoms with van der Waals surface area (Å²) in [5.74, 6) is 0.987. The molecule has 0 saturated carbocycles. The number of carbonyl (C=O) groups excluding carboxylic acids is 1. The summed E-state index contributed by atoms with van der Waals surface area (Å²) < 4.78 is 13.2. The van der Waals surface area contributed by atoms with E-state index in [1.165, 1.54) is 18.2 Å². The van der Waals surface area contributed by atoms with Gasteiger partial charge in [-0.05, 0) is 52.9 Å². The SMILES string of the molecule is COc1cc(Cc2cnc(N)nc2N)cc(C(=O)/C=C/N2CCc3ccccc3C2c2ccc(-n3ccnc3)cc2)c1OC. The second-order valence-electron chi connectivity index (χ2n) is 10.5. The van der Waals surface area contributed by atoms with Crippen molar-refractivity contribution in [3.05, 3.63) is 131 Å². The lowest BCUT2D eigenvalue weighted by atomic mass is 9.88. The van der Waals surface area contributed by atoms with Crippen LogP contribution >= 0.6 is 0 Å². The van der Waals surface area contributed by atoms with Crippen LogP contribution in [-0.4, -0.2) is 51.0 Å². The standard InChI is InChI=1S/C34H33N7O3/c1-43-30-19-22(17-25-20-38-34(36)39-33(25)35)18-28(32(30)44-2)29(42)12-15-40-14-11-23-5-3-4-6-27(23)31(40)24-7-9-26(10-8-24)41-16-13-37-21-41/h3-10,12-13,15-16,18-21,31H,11,14,17H2,1-2H3,(H4,35,36,38,39)/b15-12+. The van der Waals surface area contributed by atoms with Gasteiger partial charge in [-0.3, -0.25) is 4.79 Å². The zero-order valence-corrected chi connectivity index (χ0v) is 24.6. The number of aromatic nitrogens is 4. The van der Waals surface area contributed by atoms with E-state index in [2.05, 4.69) is 68.4 Å².